The molecule has 0 aliphatic heterocycles. The molecule has 0 aliphatic carbocycles. The van der Waals surface area contributed by atoms with E-state index in [1.807, 2.05) is 13.0 Å². The van der Waals surface area contributed by atoms with E-state index >= 15 is 0 Å². The van der Waals surface area contributed by atoms with Gasteiger partial charge in [-0.25, -0.2) is 4.79 Å². The highest BCUT2D eigenvalue weighted by molar-refractivity contribution is 9.10. The van der Waals surface area contributed by atoms with Gasteiger partial charge in [-0.3, -0.25) is 4.79 Å². The molecule has 7 heteroatoms. The Hall–Kier alpha value is -2.05. The van der Waals surface area contributed by atoms with Crippen molar-refractivity contribution in [2.45, 2.75) is 20.0 Å². The van der Waals surface area contributed by atoms with Crippen molar-refractivity contribution in [3.63, 3.8) is 0 Å². The van der Waals surface area contributed by atoms with Crippen molar-refractivity contribution in [3.8, 4) is 5.75 Å². The van der Waals surface area contributed by atoms with E-state index in [2.05, 4.69) is 21.2 Å². The number of anilines is 1. The molecule has 2 aromatic carbocycles. The van der Waals surface area contributed by atoms with Gasteiger partial charge in [-0.05, 0) is 49.7 Å². The Morgan fingerprint density at radius 1 is 1.24 bits per heavy atom. The van der Waals surface area contributed by atoms with Crippen molar-refractivity contribution in [1.82, 2.24) is 0 Å². The molecule has 0 saturated heterocycles. The molecule has 5 nitrogen and oxygen atoms in total. The molecule has 0 radical (unpaired) electrons. The van der Waals surface area contributed by atoms with Crippen LogP contribution in [0.4, 0.5) is 5.69 Å². The summed E-state index contributed by atoms with van der Waals surface area (Å²) in [7, 11) is 0. The number of carbonyl (C=O) groups is 2. The van der Waals surface area contributed by atoms with Crippen LogP contribution in [-0.2, 0) is 14.3 Å². The van der Waals surface area contributed by atoms with Gasteiger partial charge in [-0.15, -0.1) is 0 Å². The summed E-state index contributed by atoms with van der Waals surface area (Å²) < 4.78 is 11.3. The van der Waals surface area contributed by atoms with Crippen LogP contribution in [0.2, 0.25) is 5.02 Å². The third-order valence-corrected chi connectivity index (χ3v) is 4.02. The van der Waals surface area contributed by atoms with Gasteiger partial charge >= 0.3 is 5.97 Å². The fraction of sp³-hybridized carbons (Fsp3) is 0.222. The number of ether oxygens (including phenoxy) is 2. The molecule has 0 aliphatic rings. The Morgan fingerprint density at radius 3 is 2.72 bits per heavy atom. The third kappa shape index (κ3) is 6.07. The second-order valence-electron chi connectivity index (χ2n) is 5.33. The lowest BCUT2D eigenvalue weighted by Crippen LogP contribution is -2.31. The molecular formula is C18H17BrClNO4. The maximum Gasteiger partial charge on any atom is 0.344 e. The van der Waals surface area contributed by atoms with Crippen LogP contribution < -0.4 is 10.1 Å². The Kier molecular flexibility index (Phi) is 6.84. The highest BCUT2D eigenvalue weighted by Crippen LogP contribution is 2.20. The lowest BCUT2D eigenvalue weighted by molar-refractivity contribution is -0.155. The summed E-state index contributed by atoms with van der Waals surface area (Å²) in [4.78, 5) is 24.0. The molecule has 0 fully saturated rings. The first kappa shape index (κ1) is 19.3. The van der Waals surface area contributed by atoms with Gasteiger partial charge in [-0.2, -0.15) is 0 Å². The molecule has 25 heavy (non-hydrogen) atoms. The van der Waals surface area contributed by atoms with Gasteiger partial charge in [0.2, 0.25) is 0 Å². The minimum atomic E-state index is -0.961. The zero-order chi connectivity index (χ0) is 18.4. The summed E-state index contributed by atoms with van der Waals surface area (Å²) in [5, 5.41) is 3.20. The van der Waals surface area contributed by atoms with E-state index in [-0.39, 0.29) is 6.61 Å². The molecule has 0 bridgehead atoms. The van der Waals surface area contributed by atoms with E-state index in [0.717, 1.165) is 10.0 Å². The number of esters is 1. The third-order valence-electron chi connectivity index (χ3n) is 3.29. The lowest BCUT2D eigenvalue weighted by Gasteiger charge is -2.15. The molecule has 132 valence electrons. The largest absolute Gasteiger partial charge is 0.482 e. The van der Waals surface area contributed by atoms with Crippen LogP contribution in [0, 0.1) is 6.92 Å². The van der Waals surface area contributed by atoms with Gasteiger partial charge in [0.15, 0.2) is 12.7 Å². The van der Waals surface area contributed by atoms with Crippen LogP contribution in [0.5, 0.6) is 5.75 Å². The Labute approximate surface area is 159 Å². The molecule has 0 aromatic heterocycles. The number of benzene rings is 2. The first-order chi connectivity index (χ1) is 11.8. The Balaban J connectivity index is 1.85. The number of hydrogen-bond donors (Lipinski definition) is 1. The quantitative estimate of drug-likeness (QED) is 0.697. The summed E-state index contributed by atoms with van der Waals surface area (Å²) >= 11 is 9.23. The monoisotopic (exact) mass is 425 g/mol. The maximum absolute atomic E-state index is 12.2. The number of halogens is 2. The molecular weight excluding hydrogens is 410 g/mol. The van der Waals surface area contributed by atoms with Crippen molar-refractivity contribution in [1.29, 1.82) is 0 Å². The molecule has 1 amide bonds. The number of amides is 1. The first-order valence-corrected chi connectivity index (χ1v) is 8.67. The van der Waals surface area contributed by atoms with Crippen LogP contribution in [0.3, 0.4) is 0 Å². The van der Waals surface area contributed by atoms with Gasteiger partial charge in [-0.1, -0.05) is 39.7 Å². The first-order valence-electron chi connectivity index (χ1n) is 7.50. The lowest BCUT2D eigenvalue weighted by atomic mass is 10.2. The highest BCUT2D eigenvalue weighted by Gasteiger charge is 2.19. The van der Waals surface area contributed by atoms with Crippen LogP contribution in [0.1, 0.15) is 12.5 Å². The average molecular weight is 427 g/mol. The minimum absolute atomic E-state index is 0.287. The fourth-order valence-corrected chi connectivity index (χ4v) is 2.50. The van der Waals surface area contributed by atoms with E-state index < -0.39 is 18.0 Å². The van der Waals surface area contributed by atoms with E-state index in [1.165, 1.54) is 6.92 Å². The van der Waals surface area contributed by atoms with Gasteiger partial charge in [0.25, 0.3) is 5.91 Å². The van der Waals surface area contributed by atoms with E-state index in [9.17, 15) is 9.59 Å². The molecule has 1 atom stereocenters. The van der Waals surface area contributed by atoms with Crippen molar-refractivity contribution in [2.24, 2.45) is 0 Å². The minimum Gasteiger partial charge on any atom is -0.482 e. The molecule has 0 saturated carbocycles. The maximum atomic E-state index is 12.2. The van der Waals surface area contributed by atoms with Crippen LogP contribution in [-0.4, -0.2) is 24.6 Å². The summed E-state index contributed by atoms with van der Waals surface area (Å²) in [6.45, 7) is 3.05. The van der Waals surface area contributed by atoms with E-state index in [4.69, 9.17) is 21.1 Å². The molecule has 0 spiro atoms. The van der Waals surface area contributed by atoms with Crippen LogP contribution in [0.15, 0.2) is 46.9 Å². The predicted octanol–water partition coefficient (Wildman–Crippen LogP) is 4.36. The number of aryl methyl sites for hydroxylation is 1. The standard InChI is InChI=1S/C18H17BrClNO4/c1-11-6-7-14(20)9-16(11)21-18(23)12(2)25-17(22)10-24-15-5-3-4-13(19)8-15/h3-9,12H,10H2,1-2H3,(H,21,23). The SMILES string of the molecule is Cc1ccc(Cl)cc1NC(=O)C(C)OC(=O)COc1cccc(Br)c1. The summed E-state index contributed by atoms with van der Waals surface area (Å²) in [5.74, 6) is -0.551. The molecule has 1 unspecified atom stereocenters. The summed E-state index contributed by atoms with van der Waals surface area (Å²) in [6.07, 6.45) is -0.961. The molecule has 2 rings (SSSR count). The van der Waals surface area contributed by atoms with E-state index in [1.54, 1.807) is 36.4 Å². The number of nitrogens with one attached hydrogen (secondary N) is 1. The second kappa shape index (κ2) is 8.87. The Morgan fingerprint density at radius 2 is 2.00 bits per heavy atom. The normalized spacial score (nSPS) is 11.5. The molecule has 1 N–H and O–H groups in total. The summed E-state index contributed by atoms with van der Waals surface area (Å²) in [6, 6.07) is 12.2. The van der Waals surface area contributed by atoms with Crippen molar-refractivity contribution in [2.75, 3.05) is 11.9 Å². The predicted molar refractivity (Wildman–Crippen MR) is 100 cm³/mol. The van der Waals surface area contributed by atoms with Crippen LogP contribution in [0.25, 0.3) is 0 Å². The zero-order valence-corrected chi connectivity index (χ0v) is 16.1. The number of rotatable bonds is 6. The topological polar surface area (TPSA) is 64.6 Å². The smallest absolute Gasteiger partial charge is 0.344 e. The Bertz CT molecular complexity index is 781. The van der Waals surface area contributed by atoms with Crippen molar-refractivity contribution >= 4 is 45.1 Å². The van der Waals surface area contributed by atoms with Crippen LogP contribution >= 0.6 is 27.5 Å². The van der Waals surface area contributed by atoms with Crippen molar-refractivity contribution < 1.29 is 19.1 Å². The highest BCUT2D eigenvalue weighted by atomic mass is 79.9. The van der Waals surface area contributed by atoms with E-state index in [0.29, 0.717) is 16.5 Å². The molecule has 0 heterocycles. The zero-order valence-electron chi connectivity index (χ0n) is 13.7. The second-order valence-corrected chi connectivity index (χ2v) is 6.68. The van der Waals surface area contributed by atoms with Gasteiger partial charge in [0.1, 0.15) is 5.75 Å². The number of carbonyl (C=O) groups excluding carboxylic acids is 2. The average Bonchev–Trinajstić information content (AvgIpc) is 2.56. The fourth-order valence-electron chi connectivity index (χ4n) is 1.95. The van der Waals surface area contributed by atoms with Gasteiger partial charge < -0.3 is 14.8 Å². The van der Waals surface area contributed by atoms with Gasteiger partial charge in [0, 0.05) is 15.2 Å². The van der Waals surface area contributed by atoms with Crippen molar-refractivity contribution in [3.05, 3.63) is 57.5 Å². The molecule has 2 aromatic rings. The summed E-state index contributed by atoms with van der Waals surface area (Å²) in [5.41, 5.74) is 1.43. The number of hydrogen-bond acceptors (Lipinski definition) is 4. The van der Waals surface area contributed by atoms with Gasteiger partial charge in [0.05, 0.1) is 0 Å².